The molecule has 10 aromatic rings. The number of anilines is 3. The third-order valence-electron chi connectivity index (χ3n) is 10.9. The summed E-state index contributed by atoms with van der Waals surface area (Å²) in [6.45, 7) is 20.4. The summed E-state index contributed by atoms with van der Waals surface area (Å²) in [4.78, 5) is 17.3. The van der Waals surface area contributed by atoms with Crippen molar-refractivity contribution in [3.63, 3.8) is 0 Å². The van der Waals surface area contributed by atoms with Gasteiger partial charge in [0.15, 0.2) is 0 Å². The molecule has 0 saturated heterocycles. The molecule has 5 aromatic carbocycles. The Morgan fingerprint density at radius 1 is 0.651 bits per heavy atom. The van der Waals surface area contributed by atoms with Gasteiger partial charge in [0.25, 0.3) is 0 Å². The highest BCUT2D eigenvalue weighted by atomic mass is 16.3. The molecule has 310 valence electrons. The summed E-state index contributed by atoms with van der Waals surface area (Å²) in [5.74, 6) is 1.69. The van der Waals surface area contributed by atoms with E-state index in [9.17, 15) is 0 Å². The van der Waals surface area contributed by atoms with Crippen molar-refractivity contribution < 1.29 is 4.42 Å². The van der Waals surface area contributed by atoms with Gasteiger partial charge in [-0.15, -0.1) is 0 Å². The molecular weight excluding hydrogens is 777 g/mol. The van der Waals surface area contributed by atoms with Crippen molar-refractivity contribution >= 4 is 85.5 Å². The fourth-order valence-corrected chi connectivity index (χ4v) is 7.97. The maximum Gasteiger partial charge on any atom is 0.231 e. The zero-order valence-corrected chi connectivity index (χ0v) is 35.9. The summed E-state index contributed by atoms with van der Waals surface area (Å²) >= 11 is 0. The molecule has 0 spiro atoms. The third kappa shape index (κ3) is 7.79. The number of rotatable bonds is 9. The molecule has 0 aliphatic carbocycles. The SMILES string of the molecule is C=C/C(c1cc(-n2c3ccccc3c3cc4c(cc32)c2ccccc2n4C)cc(-c2ccccc2)n1)=c1/oc(C=C)c(C=C)c1=C.CC.CNc1ncnc(Nc2ccccc2)n1. The minimum Gasteiger partial charge on any atom is -0.455 e. The number of pyridine rings is 1. The van der Waals surface area contributed by atoms with Crippen molar-refractivity contribution in [2.24, 2.45) is 7.05 Å². The Labute approximate surface area is 366 Å². The largest absolute Gasteiger partial charge is 0.455 e. The van der Waals surface area contributed by atoms with Gasteiger partial charge in [0.2, 0.25) is 11.9 Å². The van der Waals surface area contributed by atoms with Crippen LogP contribution in [0.3, 0.4) is 0 Å². The number of aromatic nitrogens is 6. The fraction of sp³-hybridized carbons (Fsp3) is 0.0741. The number of nitrogens with zero attached hydrogens (tertiary/aromatic N) is 6. The first-order valence-electron chi connectivity index (χ1n) is 20.8. The van der Waals surface area contributed by atoms with Crippen molar-refractivity contribution in [2.75, 3.05) is 17.7 Å². The molecule has 5 heterocycles. The van der Waals surface area contributed by atoms with Gasteiger partial charge in [0, 0.05) is 74.3 Å². The quantitative estimate of drug-likeness (QED) is 0.150. The first-order chi connectivity index (χ1) is 30.9. The van der Waals surface area contributed by atoms with Gasteiger partial charge in [0.1, 0.15) is 17.5 Å². The summed E-state index contributed by atoms with van der Waals surface area (Å²) in [6.07, 6.45) is 6.68. The lowest BCUT2D eigenvalue weighted by Gasteiger charge is -2.13. The topological polar surface area (TPSA) is 98.6 Å². The second-order valence-corrected chi connectivity index (χ2v) is 14.4. The van der Waals surface area contributed by atoms with E-state index in [-0.39, 0.29) is 0 Å². The fourth-order valence-electron chi connectivity index (χ4n) is 7.97. The van der Waals surface area contributed by atoms with Crippen molar-refractivity contribution in [2.45, 2.75) is 13.8 Å². The van der Waals surface area contributed by atoms with Gasteiger partial charge in [-0.2, -0.15) is 4.98 Å². The van der Waals surface area contributed by atoms with Crippen LogP contribution in [0.15, 0.2) is 170 Å². The highest BCUT2D eigenvalue weighted by molar-refractivity contribution is 6.18. The second-order valence-electron chi connectivity index (χ2n) is 14.4. The molecule has 0 bridgehead atoms. The van der Waals surface area contributed by atoms with E-state index in [1.54, 1.807) is 25.3 Å². The lowest BCUT2D eigenvalue weighted by atomic mass is 10.1. The molecule has 2 N–H and O–H groups in total. The normalized spacial score (nSPS) is 11.4. The van der Waals surface area contributed by atoms with Gasteiger partial charge in [0.05, 0.1) is 28.1 Å². The molecular formula is C54H48N8O. The van der Waals surface area contributed by atoms with Crippen molar-refractivity contribution in [1.82, 2.24) is 29.1 Å². The average molecular weight is 825 g/mol. The molecule has 0 amide bonds. The van der Waals surface area contributed by atoms with Crippen LogP contribution in [0, 0.1) is 0 Å². The number of fused-ring (bicyclic) bond motifs is 6. The first kappa shape index (κ1) is 41.4. The standard InChI is InChI=1S/C42H31N3O.C10H11N5.C2H6/c1-6-29-26(4)42(46-41(29)8-3)30(7-2)36-23-28(22-35(43-36)27-16-10-9-11-17-27)45-38-21-15-13-19-32(38)34-24-39-33(25-40(34)45)31-18-12-14-20-37(31)44(39)5;1-11-9-12-7-13-10(15-9)14-8-5-3-2-4-6-8;1-2/h6-25H,1-4H2,5H3;2-7H,1H3,(H2,11,12,13,14,15);1-2H3/b42-30-;;. The average Bonchev–Trinajstić information content (AvgIpc) is 3.95. The van der Waals surface area contributed by atoms with Gasteiger partial charge in [-0.3, -0.25) is 0 Å². The Morgan fingerprint density at radius 3 is 1.94 bits per heavy atom. The lowest BCUT2D eigenvalue weighted by molar-refractivity contribution is 0.519. The van der Waals surface area contributed by atoms with Crippen LogP contribution in [0.2, 0.25) is 0 Å². The van der Waals surface area contributed by atoms with E-state index >= 15 is 0 Å². The monoisotopic (exact) mass is 824 g/mol. The zero-order chi connectivity index (χ0) is 44.0. The minimum absolute atomic E-state index is 0.528. The Kier molecular flexibility index (Phi) is 11.9. The number of para-hydroxylation sites is 3. The van der Waals surface area contributed by atoms with Crippen molar-refractivity contribution in [1.29, 1.82) is 0 Å². The van der Waals surface area contributed by atoms with Gasteiger partial charge < -0.3 is 24.2 Å². The van der Waals surface area contributed by atoms with Gasteiger partial charge in [-0.25, -0.2) is 15.0 Å². The molecule has 5 aromatic heterocycles. The molecule has 63 heavy (non-hydrogen) atoms. The van der Waals surface area contributed by atoms with E-state index in [0.29, 0.717) is 23.1 Å². The molecule has 0 aliphatic heterocycles. The van der Waals surface area contributed by atoms with Gasteiger partial charge in [-0.1, -0.05) is 137 Å². The smallest absolute Gasteiger partial charge is 0.231 e. The number of aryl methyl sites for hydroxylation is 1. The van der Waals surface area contributed by atoms with Crippen LogP contribution >= 0.6 is 0 Å². The second kappa shape index (κ2) is 18.1. The van der Waals surface area contributed by atoms with Gasteiger partial charge in [-0.05, 0) is 54.6 Å². The van der Waals surface area contributed by atoms with E-state index in [1.165, 1.54) is 38.9 Å². The molecule has 0 radical (unpaired) electrons. The number of furan rings is 1. The van der Waals surface area contributed by atoms with Crippen LogP contribution in [0.25, 0.3) is 84.9 Å². The van der Waals surface area contributed by atoms with E-state index in [0.717, 1.165) is 55.7 Å². The lowest BCUT2D eigenvalue weighted by Crippen LogP contribution is -2.23. The van der Waals surface area contributed by atoms with Crippen molar-refractivity contribution in [3.05, 3.63) is 193 Å². The molecule has 0 unspecified atom stereocenters. The first-order valence-corrected chi connectivity index (χ1v) is 20.8. The summed E-state index contributed by atoms with van der Waals surface area (Å²) < 4.78 is 10.9. The van der Waals surface area contributed by atoms with E-state index in [2.05, 4.69) is 153 Å². The highest BCUT2D eigenvalue weighted by Crippen LogP contribution is 2.39. The predicted octanol–water partition coefficient (Wildman–Crippen LogP) is 11.8. The van der Waals surface area contributed by atoms with Crippen LogP contribution in [0.1, 0.15) is 30.9 Å². The van der Waals surface area contributed by atoms with Crippen molar-refractivity contribution in [3.8, 4) is 16.9 Å². The van der Waals surface area contributed by atoms with Crippen LogP contribution in [0.5, 0.6) is 0 Å². The molecule has 0 saturated carbocycles. The van der Waals surface area contributed by atoms with E-state index < -0.39 is 0 Å². The van der Waals surface area contributed by atoms with Gasteiger partial charge >= 0.3 is 0 Å². The Bertz CT molecular complexity index is 3410. The van der Waals surface area contributed by atoms with E-state index in [1.807, 2.05) is 62.4 Å². The maximum atomic E-state index is 6.29. The summed E-state index contributed by atoms with van der Waals surface area (Å²) in [5, 5.41) is 11.5. The molecule has 0 aliphatic rings. The Hall–Kier alpha value is -8.30. The summed E-state index contributed by atoms with van der Waals surface area (Å²) in [5.41, 5.74) is 11.3. The van der Waals surface area contributed by atoms with Crippen LogP contribution in [-0.2, 0) is 7.05 Å². The molecule has 9 nitrogen and oxygen atoms in total. The molecule has 9 heteroatoms. The number of hydrogen-bond acceptors (Lipinski definition) is 7. The Balaban J connectivity index is 0.000000270. The maximum absolute atomic E-state index is 6.29. The van der Waals surface area contributed by atoms with Crippen LogP contribution in [-0.4, -0.2) is 36.1 Å². The summed E-state index contributed by atoms with van der Waals surface area (Å²) in [6, 6.07) is 46.1. The molecule has 0 atom stereocenters. The van der Waals surface area contributed by atoms with Crippen LogP contribution in [0.4, 0.5) is 17.6 Å². The van der Waals surface area contributed by atoms with Crippen LogP contribution < -0.4 is 21.3 Å². The van der Waals surface area contributed by atoms with E-state index in [4.69, 9.17) is 9.40 Å². The molecule has 0 fully saturated rings. The minimum atomic E-state index is 0.528. The number of nitrogens with one attached hydrogen (secondary N) is 2. The number of benzene rings is 5. The number of allylic oxidation sites excluding steroid dienone is 1. The zero-order valence-electron chi connectivity index (χ0n) is 35.9. The highest BCUT2D eigenvalue weighted by Gasteiger charge is 2.19. The summed E-state index contributed by atoms with van der Waals surface area (Å²) in [7, 11) is 3.91. The molecule has 10 rings (SSSR count). The predicted molar refractivity (Wildman–Crippen MR) is 265 cm³/mol. The number of hydrogen-bond donors (Lipinski definition) is 2. The third-order valence-corrected chi connectivity index (χ3v) is 10.9. The Morgan fingerprint density at radius 2 is 1.27 bits per heavy atom.